The Morgan fingerprint density at radius 1 is 0.821 bits per heavy atom. The highest BCUT2D eigenvalue weighted by molar-refractivity contribution is 6.32. The number of hydrogen-bond acceptors (Lipinski definition) is 7. The molecule has 208 valence electrons. The van der Waals surface area contributed by atoms with E-state index >= 15 is 0 Å². The van der Waals surface area contributed by atoms with Gasteiger partial charge >= 0.3 is 11.9 Å². The van der Waals surface area contributed by atoms with Crippen molar-refractivity contribution in [3.05, 3.63) is 81.8 Å². The van der Waals surface area contributed by atoms with Crippen LogP contribution in [-0.2, 0) is 11.2 Å². The van der Waals surface area contributed by atoms with Gasteiger partial charge in [0.15, 0.2) is 0 Å². The number of ether oxygens (including phenoxy) is 2. The molecule has 0 saturated heterocycles. The Morgan fingerprint density at radius 3 is 1.97 bits per heavy atom. The van der Waals surface area contributed by atoms with Crippen LogP contribution in [0.4, 0.5) is 11.4 Å². The summed E-state index contributed by atoms with van der Waals surface area (Å²) in [6.07, 6.45) is -1.47. The van der Waals surface area contributed by atoms with Crippen molar-refractivity contribution in [2.75, 3.05) is 18.5 Å². The van der Waals surface area contributed by atoms with Crippen molar-refractivity contribution in [3.8, 4) is 11.5 Å². The van der Waals surface area contributed by atoms with Gasteiger partial charge in [-0.05, 0) is 54.4 Å². The molecule has 3 aromatic rings. The van der Waals surface area contributed by atoms with Crippen molar-refractivity contribution in [1.82, 2.24) is 0 Å². The average molecular weight is 578 g/mol. The lowest BCUT2D eigenvalue weighted by atomic mass is 10.1. The van der Waals surface area contributed by atoms with Gasteiger partial charge in [0.25, 0.3) is 0 Å². The van der Waals surface area contributed by atoms with Crippen LogP contribution in [0, 0.1) is 0 Å². The number of nitrogens with one attached hydrogen (secondary N) is 1. The van der Waals surface area contributed by atoms with Gasteiger partial charge in [-0.1, -0.05) is 41.4 Å². The first-order chi connectivity index (χ1) is 18.6. The number of hydrogen-bond donors (Lipinski definition) is 5. The Hall–Kier alpha value is -3.50. The third-order valence-electron chi connectivity index (χ3n) is 5.78. The maximum absolute atomic E-state index is 11.4. The zero-order chi connectivity index (χ0) is 28.4. The number of carboxylic acid groups (broad SMARTS) is 2. The highest BCUT2D eigenvalue weighted by Gasteiger charge is 2.17. The van der Waals surface area contributed by atoms with Crippen LogP contribution in [0.25, 0.3) is 0 Å². The highest BCUT2D eigenvalue weighted by atomic mass is 35.5. The van der Waals surface area contributed by atoms with E-state index in [0.717, 1.165) is 5.56 Å². The largest absolute Gasteiger partial charge is 0.492 e. The number of benzene rings is 3. The summed E-state index contributed by atoms with van der Waals surface area (Å²) < 4.78 is 11.2. The van der Waals surface area contributed by atoms with Crippen LogP contribution in [0.1, 0.15) is 35.2 Å². The van der Waals surface area contributed by atoms with Gasteiger partial charge < -0.3 is 35.2 Å². The molecule has 3 rings (SSSR count). The van der Waals surface area contributed by atoms with Gasteiger partial charge in [-0.25, -0.2) is 4.79 Å². The highest BCUT2D eigenvalue weighted by Crippen LogP contribution is 2.30. The summed E-state index contributed by atoms with van der Waals surface area (Å²) in [5, 5.41) is 42.3. The van der Waals surface area contributed by atoms with E-state index in [9.17, 15) is 24.9 Å². The van der Waals surface area contributed by atoms with Crippen LogP contribution in [0.15, 0.2) is 60.7 Å². The molecular weight excluding hydrogens is 549 g/mol. The third-order valence-corrected chi connectivity index (χ3v) is 6.37. The van der Waals surface area contributed by atoms with Gasteiger partial charge in [0.2, 0.25) is 0 Å². The summed E-state index contributed by atoms with van der Waals surface area (Å²) in [4.78, 5) is 22.1. The molecule has 0 unspecified atom stereocenters. The summed E-state index contributed by atoms with van der Waals surface area (Å²) in [5.41, 5.74) is 1.90. The molecule has 0 aliphatic heterocycles. The van der Waals surface area contributed by atoms with Crippen molar-refractivity contribution in [2.45, 2.75) is 37.9 Å². The van der Waals surface area contributed by atoms with Crippen LogP contribution in [0.3, 0.4) is 0 Å². The number of rotatable bonds is 15. The van der Waals surface area contributed by atoms with Crippen molar-refractivity contribution in [2.24, 2.45) is 0 Å². The van der Waals surface area contributed by atoms with Crippen LogP contribution >= 0.6 is 23.2 Å². The van der Waals surface area contributed by atoms with Gasteiger partial charge in [0.1, 0.15) is 11.5 Å². The molecule has 0 aliphatic carbocycles. The zero-order valence-electron chi connectivity index (χ0n) is 20.8. The van der Waals surface area contributed by atoms with Crippen molar-refractivity contribution < 1.29 is 39.5 Å². The lowest BCUT2D eigenvalue weighted by Crippen LogP contribution is -2.29. The molecular formula is C28H29Cl2NO8. The summed E-state index contributed by atoms with van der Waals surface area (Å²) in [7, 11) is 0. The van der Waals surface area contributed by atoms with Gasteiger partial charge in [0.05, 0.1) is 46.7 Å². The first-order valence-electron chi connectivity index (χ1n) is 12.1. The Bertz CT molecular complexity index is 1290. The van der Waals surface area contributed by atoms with E-state index in [1.807, 2.05) is 0 Å². The molecule has 0 aliphatic rings. The standard InChI is InChI=1S/C28H29Cl2NO8/c29-20-15-17(6-10-27(34)35)5-8-25(20)38-13-11-23(32)24(33)12-14-39-26-9-7-18(16-21(26)30)31-22-4-2-1-3-19(22)28(36)37/h1-5,7-9,15-16,23-24,31-33H,6,10-14H2,(H,34,35)(H,36,37)/t23-,24-/m1/s1. The Labute approximate surface area is 235 Å². The molecule has 0 radical (unpaired) electrons. The number of halogens is 2. The SMILES string of the molecule is O=C(O)CCc1ccc(OCC[C@@H](O)[C@H](O)CCOc2ccc(Nc3ccccc3C(=O)O)cc2Cl)c(Cl)c1. The maximum atomic E-state index is 11.4. The minimum Gasteiger partial charge on any atom is -0.492 e. The van der Waals surface area contributed by atoms with E-state index in [0.29, 0.717) is 39.3 Å². The molecule has 0 spiro atoms. The fraction of sp³-hybridized carbons (Fsp3) is 0.286. The van der Waals surface area contributed by atoms with Crippen molar-refractivity contribution >= 4 is 46.5 Å². The van der Waals surface area contributed by atoms with E-state index in [4.69, 9.17) is 37.8 Å². The van der Waals surface area contributed by atoms with Gasteiger partial charge in [-0.2, -0.15) is 0 Å². The van der Waals surface area contributed by atoms with Crippen LogP contribution < -0.4 is 14.8 Å². The molecule has 0 heterocycles. The lowest BCUT2D eigenvalue weighted by Gasteiger charge is -2.19. The normalized spacial score (nSPS) is 12.4. The Morgan fingerprint density at radius 2 is 1.41 bits per heavy atom. The van der Waals surface area contributed by atoms with Crippen LogP contribution in [0.5, 0.6) is 11.5 Å². The molecule has 11 heteroatoms. The molecule has 0 fully saturated rings. The number of aryl methyl sites for hydroxylation is 1. The Kier molecular flexibility index (Phi) is 11.2. The van der Waals surface area contributed by atoms with E-state index < -0.39 is 24.1 Å². The molecule has 0 saturated carbocycles. The van der Waals surface area contributed by atoms with Crippen LogP contribution in [0.2, 0.25) is 10.0 Å². The zero-order valence-corrected chi connectivity index (χ0v) is 22.4. The quantitative estimate of drug-likeness (QED) is 0.160. The number of carbonyl (C=O) groups is 2. The van der Waals surface area contributed by atoms with Gasteiger partial charge in [0, 0.05) is 24.9 Å². The fourth-order valence-electron chi connectivity index (χ4n) is 3.66. The Balaban J connectivity index is 1.42. The monoisotopic (exact) mass is 577 g/mol. The summed E-state index contributed by atoms with van der Waals surface area (Å²) in [6.45, 7) is 0.204. The lowest BCUT2D eigenvalue weighted by molar-refractivity contribution is -0.136. The second-order valence-corrected chi connectivity index (χ2v) is 9.50. The molecule has 0 aromatic heterocycles. The van der Waals surface area contributed by atoms with Gasteiger partial charge in [-0.15, -0.1) is 0 Å². The van der Waals surface area contributed by atoms with Crippen molar-refractivity contribution in [1.29, 1.82) is 0 Å². The van der Waals surface area contributed by atoms with Crippen LogP contribution in [-0.4, -0.2) is 57.8 Å². The van der Waals surface area contributed by atoms with Gasteiger partial charge in [-0.3, -0.25) is 4.79 Å². The predicted molar refractivity (Wildman–Crippen MR) is 148 cm³/mol. The molecule has 3 aromatic carbocycles. The molecule has 0 amide bonds. The number of para-hydroxylation sites is 1. The molecule has 9 nitrogen and oxygen atoms in total. The molecule has 39 heavy (non-hydrogen) atoms. The fourth-order valence-corrected chi connectivity index (χ4v) is 4.15. The predicted octanol–water partition coefficient (Wildman–Crippen LogP) is 5.41. The topological polar surface area (TPSA) is 146 Å². The average Bonchev–Trinajstić information content (AvgIpc) is 2.89. The maximum Gasteiger partial charge on any atom is 0.337 e. The second kappa shape index (κ2) is 14.6. The molecule has 2 atom stereocenters. The van der Waals surface area contributed by atoms with E-state index in [-0.39, 0.29) is 38.0 Å². The number of carboxylic acids is 2. The minimum absolute atomic E-state index is 0.00265. The smallest absolute Gasteiger partial charge is 0.337 e. The number of aromatic carboxylic acids is 1. The first kappa shape index (κ1) is 30.0. The summed E-state index contributed by atoms with van der Waals surface area (Å²) in [5.74, 6) is -1.16. The first-order valence-corrected chi connectivity index (χ1v) is 12.9. The van der Waals surface area contributed by atoms with E-state index in [1.165, 1.54) is 6.07 Å². The number of aliphatic carboxylic acids is 1. The van der Waals surface area contributed by atoms with Crippen molar-refractivity contribution in [3.63, 3.8) is 0 Å². The number of aliphatic hydroxyl groups excluding tert-OH is 2. The van der Waals surface area contributed by atoms with E-state index in [2.05, 4.69) is 5.32 Å². The van der Waals surface area contributed by atoms with E-state index in [1.54, 1.807) is 54.6 Å². The number of aliphatic hydroxyl groups is 2. The minimum atomic E-state index is -1.06. The third kappa shape index (κ3) is 9.33. The molecule has 0 bridgehead atoms. The summed E-state index contributed by atoms with van der Waals surface area (Å²) >= 11 is 12.5. The molecule has 5 N–H and O–H groups in total. The second-order valence-electron chi connectivity index (χ2n) is 8.69. The summed E-state index contributed by atoms with van der Waals surface area (Å²) in [6, 6.07) is 16.4. The number of anilines is 2.